The molecular weight excluding hydrogens is 456 g/mol. The number of amides is 2. The van der Waals surface area contributed by atoms with Gasteiger partial charge in [0.25, 0.3) is 5.91 Å². The molecule has 0 bridgehead atoms. The van der Waals surface area contributed by atoms with Gasteiger partial charge >= 0.3 is 6.09 Å². The summed E-state index contributed by atoms with van der Waals surface area (Å²) in [5.41, 5.74) is 4.43. The number of carbonyl (C=O) groups excluding carboxylic acids is 2. The number of aryl methyl sites for hydroxylation is 3. The van der Waals surface area contributed by atoms with E-state index in [9.17, 15) is 9.59 Å². The fourth-order valence-electron chi connectivity index (χ4n) is 4.96. The Morgan fingerprint density at radius 3 is 2.64 bits per heavy atom. The number of H-pyrrole nitrogens is 1. The molecular formula is C27H32N6O3. The summed E-state index contributed by atoms with van der Waals surface area (Å²) in [6.45, 7) is 10.2. The number of rotatable bonds is 3. The lowest BCUT2D eigenvalue weighted by Gasteiger charge is -2.28. The first kappa shape index (κ1) is 23.8. The molecule has 1 saturated heterocycles. The summed E-state index contributed by atoms with van der Waals surface area (Å²) in [5.74, 6) is 0.232. The minimum atomic E-state index is -0.543. The molecule has 0 spiro atoms. The number of hydrogen-bond donors (Lipinski definition) is 2. The number of carbonyl (C=O) groups is 2. The van der Waals surface area contributed by atoms with Crippen molar-refractivity contribution in [3.05, 3.63) is 53.0 Å². The third kappa shape index (κ3) is 4.41. The Morgan fingerprint density at radius 2 is 1.89 bits per heavy atom. The quantitative estimate of drug-likeness (QED) is 0.402. The van der Waals surface area contributed by atoms with Gasteiger partial charge in [-0.2, -0.15) is 5.10 Å². The van der Waals surface area contributed by atoms with E-state index < -0.39 is 5.60 Å². The van der Waals surface area contributed by atoms with Gasteiger partial charge in [0, 0.05) is 47.4 Å². The van der Waals surface area contributed by atoms with Crippen LogP contribution in [0.1, 0.15) is 67.1 Å². The normalized spacial score (nSPS) is 16.2. The first-order valence-electron chi connectivity index (χ1n) is 12.2. The molecule has 1 aliphatic rings. The molecule has 0 saturated carbocycles. The van der Waals surface area contributed by atoms with Gasteiger partial charge in [-0.25, -0.2) is 9.78 Å². The zero-order valence-electron chi connectivity index (χ0n) is 21.6. The van der Waals surface area contributed by atoms with Crippen molar-refractivity contribution in [3.63, 3.8) is 0 Å². The number of aromatic amines is 1. The zero-order chi connectivity index (χ0) is 25.8. The maximum absolute atomic E-state index is 13.0. The Hall–Kier alpha value is -3.88. The van der Waals surface area contributed by atoms with Crippen LogP contribution in [0.4, 0.5) is 10.6 Å². The van der Waals surface area contributed by atoms with Crippen LogP contribution in [0.25, 0.3) is 21.8 Å². The van der Waals surface area contributed by atoms with Crippen molar-refractivity contribution < 1.29 is 14.3 Å². The summed E-state index contributed by atoms with van der Waals surface area (Å²) >= 11 is 0. The lowest BCUT2D eigenvalue weighted by Crippen LogP contribution is -2.36. The maximum atomic E-state index is 13.0. The van der Waals surface area contributed by atoms with E-state index in [1.165, 1.54) is 0 Å². The van der Waals surface area contributed by atoms with Crippen LogP contribution in [0, 0.1) is 13.8 Å². The van der Waals surface area contributed by atoms with E-state index in [4.69, 9.17) is 4.74 Å². The second-order valence-electron chi connectivity index (χ2n) is 10.5. The van der Waals surface area contributed by atoms with Gasteiger partial charge in [0.15, 0.2) is 0 Å². The average Bonchev–Trinajstić information content (AvgIpc) is 3.50. The zero-order valence-corrected chi connectivity index (χ0v) is 21.6. The molecule has 3 aromatic heterocycles. The number of ether oxygens (including phenoxy) is 1. The minimum absolute atomic E-state index is 0.0845. The molecule has 4 heterocycles. The molecule has 2 N–H and O–H groups in total. The Balaban J connectivity index is 1.39. The first-order chi connectivity index (χ1) is 17.0. The Kier molecular flexibility index (Phi) is 5.73. The molecule has 1 aliphatic heterocycles. The van der Waals surface area contributed by atoms with Crippen LogP contribution >= 0.6 is 0 Å². The standard InChI is InChI=1S/C27H32N6O3/c1-15-19-13-21(22-8-7-11-33(22)26(35)36-27(3,4)5)29-20(19)14-24(28-15)30-25(34)17-9-10-18-16(2)31-32(6)23(18)12-17/h9-10,12-14,22,29H,7-8,11H2,1-6H3,(H,28,30,34). The molecule has 36 heavy (non-hydrogen) atoms. The number of nitrogens with zero attached hydrogens (tertiary/aromatic N) is 4. The number of likely N-dealkylation sites (tertiary alicyclic amines) is 1. The number of hydrogen-bond acceptors (Lipinski definition) is 5. The third-order valence-electron chi connectivity index (χ3n) is 6.61. The predicted octanol–water partition coefficient (Wildman–Crippen LogP) is 5.39. The Labute approximate surface area is 209 Å². The molecule has 1 aromatic carbocycles. The smallest absolute Gasteiger partial charge is 0.410 e. The van der Waals surface area contributed by atoms with Gasteiger partial charge in [-0.3, -0.25) is 14.4 Å². The van der Waals surface area contributed by atoms with Crippen LogP contribution in [-0.4, -0.2) is 48.8 Å². The first-order valence-corrected chi connectivity index (χ1v) is 12.2. The highest BCUT2D eigenvalue weighted by molar-refractivity contribution is 6.06. The van der Waals surface area contributed by atoms with Crippen molar-refractivity contribution in [3.8, 4) is 0 Å². The summed E-state index contributed by atoms with van der Waals surface area (Å²) in [6, 6.07) is 9.37. The van der Waals surface area contributed by atoms with Crippen molar-refractivity contribution in [1.82, 2.24) is 24.6 Å². The second-order valence-corrected chi connectivity index (χ2v) is 10.5. The summed E-state index contributed by atoms with van der Waals surface area (Å²) in [6.07, 6.45) is 1.48. The van der Waals surface area contributed by atoms with Crippen molar-refractivity contribution in [2.45, 2.75) is 59.1 Å². The van der Waals surface area contributed by atoms with Crippen molar-refractivity contribution in [2.24, 2.45) is 7.05 Å². The molecule has 4 aromatic rings. The van der Waals surface area contributed by atoms with Gasteiger partial charge < -0.3 is 15.0 Å². The summed E-state index contributed by atoms with van der Waals surface area (Å²) < 4.78 is 7.40. The van der Waals surface area contributed by atoms with E-state index in [1.807, 2.05) is 59.9 Å². The Bertz CT molecular complexity index is 1490. The second kappa shape index (κ2) is 8.65. The molecule has 9 heteroatoms. The van der Waals surface area contributed by atoms with Gasteiger partial charge in [0.2, 0.25) is 0 Å². The van der Waals surface area contributed by atoms with E-state index in [1.54, 1.807) is 15.6 Å². The molecule has 1 atom stereocenters. The number of nitrogens with one attached hydrogen (secondary N) is 2. The SMILES string of the molecule is Cc1nc(NC(=O)c2ccc3c(C)nn(C)c3c2)cc2[nH]c(C3CCCN3C(=O)OC(C)(C)C)cc12. The van der Waals surface area contributed by atoms with E-state index in [2.05, 4.69) is 26.4 Å². The lowest BCUT2D eigenvalue weighted by atomic mass is 10.1. The molecule has 188 valence electrons. The van der Waals surface area contributed by atoms with E-state index in [0.717, 1.165) is 51.7 Å². The lowest BCUT2D eigenvalue weighted by molar-refractivity contribution is 0.0222. The number of benzene rings is 1. The van der Waals surface area contributed by atoms with Crippen LogP contribution in [0.15, 0.2) is 30.3 Å². The van der Waals surface area contributed by atoms with Crippen molar-refractivity contribution in [2.75, 3.05) is 11.9 Å². The number of aromatic nitrogens is 4. The van der Waals surface area contributed by atoms with Crippen molar-refractivity contribution in [1.29, 1.82) is 0 Å². The van der Waals surface area contributed by atoms with E-state index in [-0.39, 0.29) is 18.0 Å². The van der Waals surface area contributed by atoms with Gasteiger partial charge in [0.05, 0.1) is 22.8 Å². The van der Waals surface area contributed by atoms with Gasteiger partial charge in [0.1, 0.15) is 11.4 Å². The topological polar surface area (TPSA) is 105 Å². The van der Waals surface area contributed by atoms with E-state index >= 15 is 0 Å². The van der Waals surface area contributed by atoms with Crippen LogP contribution in [-0.2, 0) is 11.8 Å². The van der Waals surface area contributed by atoms with Gasteiger partial charge in [-0.05, 0) is 65.7 Å². The molecule has 9 nitrogen and oxygen atoms in total. The minimum Gasteiger partial charge on any atom is -0.444 e. The highest BCUT2D eigenvalue weighted by Crippen LogP contribution is 2.35. The highest BCUT2D eigenvalue weighted by atomic mass is 16.6. The number of pyridine rings is 1. The summed E-state index contributed by atoms with van der Waals surface area (Å²) in [5, 5.41) is 9.34. The van der Waals surface area contributed by atoms with E-state index in [0.29, 0.717) is 17.9 Å². The highest BCUT2D eigenvalue weighted by Gasteiger charge is 2.34. The predicted molar refractivity (Wildman–Crippen MR) is 139 cm³/mol. The van der Waals surface area contributed by atoms with Crippen LogP contribution in [0.2, 0.25) is 0 Å². The summed E-state index contributed by atoms with van der Waals surface area (Å²) in [7, 11) is 1.87. The molecule has 5 rings (SSSR count). The molecule has 1 unspecified atom stereocenters. The average molecular weight is 489 g/mol. The van der Waals surface area contributed by atoms with Gasteiger partial charge in [-0.1, -0.05) is 6.07 Å². The van der Waals surface area contributed by atoms with Crippen LogP contribution in [0.5, 0.6) is 0 Å². The summed E-state index contributed by atoms with van der Waals surface area (Å²) in [4.78, 5) is 35.7. The largest absolute Gasteiger partial charge is 0.444 e. The number of fused-ring (bicyclic) bond motifs is 2. The molecule has 0 aliphatic carbocycles. The van der Waals surface area contributed by atoms with Crippen LogP contribution in [0.3, 0.4) is 0 Å². The maximum Gasteiger partial charge on any atom is 0.410 e. The fraction of sp³-hybridized carbons (Fsp3) is 0.407. The fourth-order valence-corrected chi connectivity index (χ4v) is 4.96. The van der Waals surface area contributed by atoms with Gasteiger partial charge in [-0.15, -0.1) is 0 Å². The molecule has 2 amide bonds. The Morgan fingerprint density at radius 1 is 1.11 bits per heavy atom. The number of anilines is 1. The van der Waals surface area contributed by atoms with Crippen LogP contribution < -0.4 is 5.32 Å². The molecule has 0 radical (unpaired) electrons. The third-order valence-corrected chi connectivity index (χ3v) is 6.61. The molecule has 1 fully saturated rings. The van der Waals surface area contributed by atoms with Crippen molar-refractivity contribution >= 4 is 39.6 Å². The monoisotopic (exact) mass is 488 g/mol.